The van der Waals surface area contributed by atoms with E-state index in [1.165, 1.54) is 9.78 Å². The van der Waals surface area contributed by atoms with Gasteiger partial charge in [-0.15, -0.1) is 35.3 Å². The standard InChI is InChI=1S/C20H28N4O2S.HI/c1-15(18-9-6-10-27-18)12-22-20(21-2)23-13-16-7-5-8-17(11-16)26-14-19(25)24(3)4;/h5-11,15H,12-14H2,1-4H3,(H2,21,22,23);1H. The van der Waals surface area contributed by atoms with Crippen LogP contribution in [0.5, 0.6) is 5.75 Å². The van der Waals surface area contributed by atoms with E-state index >= 15 is 0 Å². The quantitative estimate of drug-likeness (QED) is 0.321. The number of guanidine groups is 1. The summed E-state index contributed by atoms with van der Waals surface area (Å²) < 4.78 is 5.56. The maximum absolute atomic E-state index is 11.6. The third kappa shape index (κ3) is 8.05. The molecule has 8 heteroatoms. The molecule has 1 amide bonds. The number of carbonyl (C=O) groups excluding carboxylic acids is 1. The number of rotatable bonds is 8. The van der Waals surface area contributed by atoms with E-state index in [9.17, 15) is 4.79 Å². The molecule has 0 aliphatic carbocycles. The second-order valence-corrected chi connectivity index (χ2v) is 7.43. The number of thiophene rings is 1. The van der Waals surface area contributed by atoms with Crippen molar-refractivity contribution in [3.05, 3.63) is 52.2 Å². The van der Waals surface area contributed by atoms with Crippen LogP contribution < -0.4 is 15.4 Å². The first-order valence-corrected chi connectivity index (χ1v) is 9.77. The lowest BCUT2D eigenvalue weighted by molar-refractivity contribution is -0.130. The van der Waals surface area contributed by atoms with E-state index in [1.807, 2.05) is 24.3 Å². The Labute approximate surface area is 188 Å². The Balaban J connectivity index is 0.00000392. The third-order valence-corrected chi connectivity index (χ3v) is 5.15. The topological polar surface area (TPSA) is 66.0 Å². The van der Waals surface area contributed by atoms with Crippen molar-refractivity contribution in [1.82, 2.24) is 15.5 Å². The second-order valence-electron chi connectivity index (χ2n) is 6.45. The first-order valence-electron chi connectivity index (χ1n) is 8.89. The van der Waals surface area contributed by atoms with Gasteiger partial charge in [0.2, 0.25) is 0 Å². The highest BCUT2D eigenvalue weighted by molar-refractivity contribution is 14.0. The molecule has 0 bridgehead atoms. The SMILES string of the molecule is CN=C(NCc1cccc(OCC(=O)N(C)C)c1)NCC(C)c1cccs1.I. The van der Waals surface area contributed by atoms with Gasteiger partial charge in [0.05, 0.1) is 0 Å². The lowest BCUT2D eigenvalue weighted by atomic mass is 10.1. The molecule has 1 unspecified atom stereocenters. The van der Waals surface area contributed by atoms with Crippen molar-refractivity contribution in [1.29, 1.82) is 0 Å². The van der Waals surface area contributed by atoms with Crippen LogP contribution in [-0.2, 0) is 11.3 Å². The zero-order valence-electron chi connectivity index (χ0n) is 16.8. The van der Waals surface area contributed by atoms with Crippen LogP contribution in [0, 0.1) is 0 Å². The maximum Gasteiger partial charge on any atom is 0.259 e. The van der Waals surface area contributed by atoms with Crippen molar-refractivity contribution in [3.63, 3.8) is 0 Å². The van der Waals surface area contributed by atoms with Crippen LogP contribution in [0.4, 0.5) is 0 Å². The van der Waals surface area contributed by atoms with E-state index in [4.69, 9.17) is 4.74 Å². The van der Waals surface area contributed by atoms with Gasteiger partial charge in [0.1, 0.15) is 5.75 Å². The molecule has 2 N–H and O–H groups in total. The van der Waals surface area contributed by atoms with Crippen molar-refractivity contribution in [2.24, 2.45) is 4.99 Å². The summed E-state index contributed by atoms with van der Waals surface area (Å²) in [6, 6.07) is 11.9. The van der Waals surface area contributed by atoms with Gasteiger partial charge < -0.3 is 20.3 Å². The average molecular weight is 516 g/mol. The van der Waals surface area contributed by atoms with E-state index in [2.05, 4.69) is 40.1 Å². The van der Waals surface area contributed by atoms with Gasteiger partial charge in [-0.1, -0.05) is 25.1 Å². The van der Waals surface area contributed by atoms with E-state index in [1.54, 1.807) is 32.5 Å². The molecular weight excluding hydrogens is 487 g/mol. The van der Waals surface area contributed by atoms with Crippen LogP contribution in [0.1, 0.15) is 23.3 Å². The summed E-state index contributed by atoms with van der Waals surface area (Å²) in [5.74, 6) is 1.80. The van der Waals surface area contributed by atoms with Crippen LogP contribution in [0.3, 0.4) is 0 Å². The molecule has 0 spiro atoms. The maximum atomic E-state index is 11.6. The third-order valence-electron chi connectivity index (χ3n) is 4.05. The Hall–Kier alpha value is -1.81. The summed E-state index contributed by atoms with van der Waals surface area (Å²) in [4.78, 5) is 18.8. The highest BCUT2D eigenvalue weighted by atomic mass is 127. The van der Waals surface area contributed by atoms with Crippen LogP contribution in [0.15, 0.2) is 46.8 Å². The molecule has 1 aromatic heterocycles. The number of amides is 1. The molecular formula is C20H29IN4O2S. The molecule has 0 radical (unpaired) electrons. The predicted octanol–water partition coefficient (Wildman–Crippen LogP) is 3.30. The minimum absolute atomic E-state index is 0. The molecule has 1 aromatic carbocycles. The Morgan fingerprint density at radius 3 is 2.68 bits per heavy atom. The number of nitrogens with one attached hydrogen (secondary N) is 2. The molecule has 2 aromatic rings. The number of likely N-dealkylation sites (N-methyl/N-ethyl adjacent to an activating group) is 1. The Morgan fingerprint density at radius 1 is 1.25 bits per heavy atom. The van der Waals surface area contributed by atoms with E-state index in [0.29, 0.717) is 18.2 Å². The first kappa shape index (κ1) is 24.2. The van der Waals surface area contributed by atoms with Crippen molar-refractivity contribution in [2.45, 2.75) is 19.4 Å². The Kier molecular flexibility index (Phi) is 10.9. The number of nitrogens with zero attached hydrogens (tertiary/aromatic N) is 2. The molecule has 0 aliphatic rings. The molecule has 1 atom stereocenters. The monoisotopic (exact) mass is 516 g/mol. The zero-order valence-corrected chi connectivity index (χ0v) is 19.9. The lowest BCUT2D eigenvalue weighted by Gasteiger charge is -2.16. The summed E-state index contributed by atoms with van der Waals surface area (Å²) >= 11 is 1.77. The molecule has 1 heterocycles. The molecule has 0 saturated heterocycles. The fourth-order valence-electron chi connectivity index (χ4n) is 2.35. The number of benzene rings is 1. The second kappa shape index (κ2) is 12.6. The van der Waals surface area contributed by atoms with Crippen LogP contribution in [0.25, 0.3) is 0 Å². The highest BCUT2D eigenvalue weighted by Gasteiger charge is 2.08. The van der Waals surface area contributed by atoms with Gasteiger partial charge in [-0.3, -0.25) is 9.79 Å². The zero-order chi connectivity index (χ0) is 19.6. The van der Waals surface area contributed by atoms with Crippen LogP contribution in [0.2, 0.25) is 0 Å². The van der Waals surface area contributed by atoms with Crippen molar-refractivity contribution < 1.29 is 9.53 Å². The van der Waals surface area contributed by atoms with Crippen molar-refractivity contribution in [3.8, 4) is 5.75 Å². The number of carbonyl (C=O) groups is 1. The number of hydrogen-bond donors (Lipinski definition) is 2. The van der Waals surface area contributed by atoms with Crippen LogP contribution >= 0.6 is 35.3 Å². The molecule has 154 valence electrons. The van der Waals surface area contributed by atoms with Crippen LogP contribution in [-0.4, -0.2) is 51.1 Å². The molecule has 6 nitrogen and oxygen atoms in total. The molecule has 2 rings (SSSR count). The average Bonchev–Trinajstić information content (AvgIpc) is 3.21. The summed E-state index contributed by atoms with van der Waals surface area (Å²) in [5.41, 5.74) is 1.05. The van der Waals surface area contributed by atoms with Gasteiger partial charge in [0.15, 0.2) is 12.6 Å². The molecule has 0 fully saturated rings. The van der Waals surface area contributed by atoms with E-state index < -0.39 is 0 Å². The normalized spacial score (nSPS) is 11.9. The fourth-order valence-corrected chi connectivity index (χ4v) is 3.13. The highest BCUT2D eigenvalue weighted by Crippen LogP contribution is 2.19. The fraction of sp³-hybridized carbons (Fsp3) is 0.400. The largest absolute Gasteiger partial charge is 0.484 e. The van der Waals surface area contributed by atoms with E-state index in [0.717, 1.165) is 18.1 Å². The van der Waals surface area contributed by atoms with Gasteiger partial charge in [0.25, 0.3) is 5.91 Å². The summed E-state index contributed by atoms with van der Waals surface area (Å²) in [6.07, 6.45) is 0. The Morgan fingerprint density at radius 2 is 2.04 bits per heavy atom. The van der Waals surface area contributed by atoms with Gasteiger partial charge in [-0.05, 0) is 29.1 Å². The van der Waals surface area contributed by atoms with E-state index in [-0.39, 0.29) is 36.5 Å². The lowest BCUT2D eigenvalue weighted by Crippen LogP contribution is -2.38. The minimum atomic E-state index is -0.0667. The number of ether oxygens (including phenoxy) is 1. The summed E-state index contributed by atoms with van der Waals surface area (Å²) in [5, 5.41) is 8.76. The first-order chi connectivity index (χ1) is 13.0. The Bertz CT molecular complexity index is 750. The molecule has 28 heavy (non-hydrogen) atoms. The van der Waals surface area contributed by atoms with Gasteiger partial charge in [-0.25, -0.2) is 0 Å². The minimum Gasteiger partial charge on any atom is -0.484 e. The van der Waals surface area contributed by atoms with Crippen molar-refractivity contribution in [2.75, 3.05) is 34.3 Å². The molecule has 0 aliphatic heterocycles. The smallest absolute Gasteiger partial charge is 0.259 e. The number of hydrogen-bond acceptors (Lipinski definition) is 4. The van der Waals surface area contributed by atoms with Gasteiger partial charge in [-0.2, -0.15) is 0 Å². The van der Waals surface area contributed by atoms with Gasteiger partial charge >= 0.3 is 0 Å². The number of aliphatic imine (C=N–C) groups is 1. The molecule has 0 saturated carbocycles. The summed E-state index contributed by atoms with van der Waals surface area (Å²) in [7, 11) is 5.19. The number of halogens is 1. The van der Waals surface area contributed by atoms with Crippen molar-refractivity contribution >= 4 is 47.2 Å². The predicted molar refractivity (Wildman–Crippen MR) is 127 cm³/mol. The summed E-state index contributed by atoms with van der Waals surface area (Å²) in [6.45, 7) is 3.66. The van der Waals surface area contributed by atoms with Gasteiger partial charge in [0, 0.05) is 45.0 Å².